The van der Waals surface area contributed by atoms with E-state index in [0.717, 1.165) is 55.3 Å². The predicted molar refractivity (Wildman–Crippen MR) is 99.7 cm³/mol. The standard InChI is InChI=1S/C18H25N3O4S/c1-2-9-19-16(22)11-26(24,25)21-18(23)20-17-14-7-3-5-12(14)10-13-6-4-8-15(13)17/h10H,2-9,11H2,1H3,(H,19,22)(H2,20,21,23). The number of carbonyl (C=O) groups is 2. The van der Waals surface area contributed by atoms with E-state index in [-0.39, 0.29) is 0 Å². The van der Waals surface area contributed by atoms with Gasteiger partial charge in [0.15, 0.2) is 0 Å². The number of rotatable bonds is 6. The number of urea groups is 1. The van der Waals surface area contributed by atoms with E-state index in [4.69, 9.17) is 0 Å². The fourth-order valence-corrected chi connectivity index (χ4v) is 4.62. The SMILES string of the molecule is CCCNC(=O)CS(=O)(=O)NC(=O)Nc1c2c(cc3c1CCC3)CCC2. The van der Waals surface area contributed by atoms with E-state index in [0.29, 0.717) is 13.0 Å². The second kappa shape index (κ2) is 7.65. The van der Waals surface area contributed by atoms with Crippen LogP contribution >= 0.6 is 0 Å². The van der Waals surface area contributed by atoms with Crippen LogP contribution < -0.4 is 15.4 Å². The number of benzene rings is 1. The van der Waals surface area contributed by atoms with Crippen molar-refractivity contribution in [3.8, 4) is 0 Å². The highest BCUT2D eigenvalue weighted by atomic mass is 32.2. The van der Waals surface area contributed by atoms with Crippen molar-refractivity contribution in [2.45, 2.75) is 51.9 Å². The molecule has 0 spiro atoms. The van der Waals surface area contributed by atoms with Gasteiger partial charge in [-0.1, -0.05) is 13.0 Å². The van der Waals surface area contributed by atoms with Gasteiger partial charge in [-0.15, -0.1) is 0 Å². The van der Waals surface area contributed by atoms with E-state index in [1.165, 1.54) is 11.1 Å². The summed E-state index contributed by atoms with van der Waals surface area (Å²) in [5.74, 6) is -1.38. The molecule has 2 aliphatic carbocycles. The normalized spacial score (nSPS) is 15.3. The monoisotopic (exact) mass is 379 g/mol. The number of carbonyl (C=O) groups excluding carboxylic acids is 2. The van der Waals surface area contributed by atoms with Gasteiger partial charge >= 0.3 is 6.03 Å². The zero-order valence-corrected chi connectivity index (χ0v) is 15.8. The molecule has 3 amide bonds. The van der Waals surface area contributed by atoms with Crippen LogP contribution in [0.2, 0.25) is 0 Å². The Kier molecular flexibility index (Phi) is 5.50. The number of hydrogen-bond acceptors (Lipinski definition) is 4. The van der Waals surface area contributed by atoms with Gasteiger partial charge in [0.1, 0.15) is 5.75 Å². The molecule has 0 saturated heterocycles. The largest absolute Gasteiger partial charge is 0.355 e. The van der Waals surface area contributed by atoms with Gasteiger partial charge in [0.2, 0.25) is 15.9 Å². The summed E-state index contributed by atoms with van der Waals surface area (Å²) in [5, 5.41) is 5.24. The molecule has 0 aliphatic heterocycles. The molecule has 142 valence electrons. The maximum absolute atomic E-state index is 12.3. The zero-order chi connectivity index (χ0) is 18.7. The highest BCUT2D eigenvalue weighted by molar-refractivity contribution is 7.90. The lowest BCUT2D eigenvalue weighted by Gasteiger charge is -2.16. The molecule has 7 nitrogen and oxygen atoms in total. The summed E-state index contributed by atoms with van der Waals surface area (Å²) in [5.41, 5.74) is 5.53. The first-order chi connectivity index (χ1) is 12.4. The molecule has 0 atom stereocenters. The quantitative estimate of drug-likeness (QED) is 0.699. The minimum Gasteiger partial charge on any atom is -0.355 e. The molecule has 0 bridgehead atoms. The first kappa shape index (κ1) is 18.7. The van der Waals surface area contributed by atoms with Gasteiger partial charge in [-0.3, -0.25) is 4.79 Å². The molecule has 2 aliphatic rings. The third-order valence-electron chi connectivity index (χ3n) is 4.85. The second-order valence-corrected chi connectivity index (χ2v) is 8.62. The fourth-order valence-electron chi connectivity index (χ4n) is 3.77. The topological polar surface area (TPSA) is 104 Å². The summed E-state index contributed by atoms with van der Waals surface area (Å²) >= 11 is 0. The first-order valence-electron chi connectivity index (χ1n) is 9.14. The maximum Gasteiger partial charge on any atom is 0.332 e. The average molecular weight is 379 g/mol. The van der Waals surface area contributed by atoms with Crippen LogP contribution in [0.4, 0.5) is 10.5 Å². The molecule has 3 rings (SSSR count). The Morgan fingerprint density at radius 1 is 1.04 bits per heavy atom. The molecule has 1 aromatic rings. The molecule has 0 fully saturated rings. The van der Waals surface area contributed by atoms with E-state index >= 15 is 0 Å². The minimum atomic E-state index is -4.03. The molecule has 0 aromatic heterocycles. The van der Waals surface area contributed by atoms with Gasteiger partial charge in [-0.25, -0.2) is 17.9 Å². The Hall–Kier alpha value is -2.09. The van der Waals surface area contributed by atoms with Crippen molar-refractivity contribution in [1.82, 2.24) is 10.0 Å². The number of fused-ring (bicyclic) bond motifs is 2. The van der Waals surface area contributed by atoms with Crippen LogP contribution in [0.1, 0.15) is 48.4 Å². The van der Waals surface area contributed by atoms with Crippen molar-refractivity contribution < 1.29 is 18.0 Å². The molecular weight excluding hydrogens is 354 g/mol. The molecular formula is C18H25N3O4S. The number of anilines is 1. The van der Waals surface area contributed by atoms with Crippen LogP contribution in [-0.4, -0.2) is 32.7 Å². The molecule has 8 heteroatoms. The molecule has 0 saturated carbocycles. The molecule has 3 N–H and O–H groups in total. The van der Waals surface area contributed by atoms with Crippen molar-refractivity contribution in [1.29, 1.82) is 0 Å². The van der Waals surface area contributed by atoms with Gasteiger partial charge in [0.05, 0.1) is 0 Å². The number of hydrogen-bond donors (Lipinski definition) is 3. The average Bonchev–Trinajstić information content (AvgIpc) is 3.20. The molecule has 0 unspecified atom stereocenters. The van der Waals surface area contributed by atoms with Crippen LogP contribution in [0, 0.1) is 0 Å². The second-order valence-electron chi connectivity index (χ2n) is 6.90. The van der Waals surface area contributed by atoms with Crippen molar-refractivity contribution >= 4 is 27.6 Å². The van der Waals surface area contributed by atoms with E-state index in [2.05, 4.69) is 16.7 Å². The van der Waals surface area contributed by atoms with Crippen LogP contribution in [0.25, 0.3) is 0 Å². The van der Waals surface area contributed by atoms with Crippen LogP contribution in [0.15, 0.2) is 6.07 Å². The smallest absolute Gasteiger partial charge is 0.332 e. The lowest BCUT2D eigenvalue weighted by atomic mass is 9.99. The van der Waals surface area contributed by atoms with Gasteiger partial charge < -0.3 is 10.6 Å². The summed E-state index contributed by atoms with van der Waals surface area (Å²) in [6, 6.07) is 1.44. The first-order valence-corrected chi connectivity index (χ1v) is 10.8. The maximum atomic E-state index is 12.3. The molecule has 1 aromatic carbocycles. The van der Waals surface area contributed by atoms with Crippen molar-refractivity contribution in [3.63, 3.8) is 0 Å². The summed E-state index contributed by atoms with van der Waals surface area (Å²) in [4.78, 5) is 23.9. The van der Waals surface area contributed by atoms with Crippen LogP contribution in [-0.2, 0) is 40.5 Å². The van der Waals surface area contributed by atoms with Crippen molar-refractivity contribution in [3.05, 3.63) is 28.3 Å². The summed E-state index contributed by atoms with van der Waals surface area (Å²) in [6.45, 7) is 2.28. The third-order valence-corrected chi connectivity index (χ3v) is 5.99. The zero-order valence-electron chi connectivity index (χ0n) is 15.0. The third kappa shape index (κ3) is 4.17. The Bertz CT molecular complexity index is 801. The lowest BCUT2D eigenvalue weighted by Crippen LogP contribution is -2.41. The van der Waals surface area contributed by atoms with E-state index in [1.54, 1.807) is 0 Å². The summed E-state index contributed by atoms with van der Waals surface area (Å²) in [6.07, 6.45) is 6.58. The predicted octanol–water partition coefficient (Wildman–Crippen LogP) is 1.64. The Labute approximate surface area is 154 Å². The number of sulfonamides is 1. The Morgan fingerprint density at radius 2 is 1.65 bits per heavy atom. The number of aryl methyl sites for hydroxylation is 2. The van der Waals surface area contributed by atoms with Crippen molar-refractivity contribution in [2.75, 3.05) is 17.6 Å². The van der Waals surface area contributed by atoms with Crippen LogP contribution in [0.5, 0.6) is 0 Å². The highest BCUT2D eigenvalue weighted by Crippen LogP contribution is 2.38. The fraction of sp³-hybridized carbons (Fsp3) is 0.556. The van der Waals surface area contributed by atoms with E-state index < -0.39 is 27.7 Å². The highest BCUT2D eigenvalue weighted by Gasteiger charge is 2.26. The van der Waals surface area contributed by atoms with Gasteiger partial charge in [-0.05, 0) is 67.2 Å². The summed E-state index contributed by atoms with van der Waals surface area (Å²) in [7, 11) is -4.03. The van der Waals surface area contributed by atoms with Gasteiger partial charge in [0.25, 0.3) is 0 Å². The molecule has 0 radical (unpaired) electrons. The molecule has 26 heavy (non-hydrogen) atoms. The minimum absolute atomic E-state index is 0.406. The molecule has 0 heterocycles. The van der Waals surface area contributed by atoms with E-state index in [1.807, 2.05) is 11.6 Å². The lowest BCUT2D eigenvalue weighted by molar-refractivity contribution is -0.118. The van der Waals surface area contributed by atoms with Gasteiger partial charge in [-0.2, -0.15) is 0 Å². The Balaban J connectivity index is 1.70. The van der Waals surface area contributed by atoms with E-state index in [9.17, 15) is 18.0 Å². The van der Waals surface area contributed by atoms with Crippen LogP contribution in [0.3, 0.4) is 0 Å². The number of amides is 3. The Morgan fingerprint density at radius 3 is 2.23 bits per heavy atom. The number of nitrogens with one attached hydrogen (secondary N) is 3. The van der Waals surface area contributed by atoms with Crippen molar-refractivity contribution in [2.24, 2.45) is 0 Å². The van der Waals surface area contributed by atoms with Gasteiger partial charge in [0, 0.05) is 12.2 Å². The summed E-state index contributed by atoms with van der Waals surface area (Å²) < 4.78 is 26.0.